The molecular formula is C18H23NO2. The Kier molecular flexibility index (Phi) is 5.23. The van der Waals surface area contributed by atoms with Gasteiger partial charge in [0.05, 0.1) is 13.2 Å². The number of hydrogen-bond acceptors (Lipinski definition) is 3. The SMILES string of the molecule is COc1cccc(N(C)CCC(O)c2ccc(C)cc2)c1. The van der Waals surface area contributed by atoms with Gasteiger partial charge in [-0.05, 0) is 31.0 Å². The Morgan fingerprint density at radius 2 is 1.86 bits per heavy atom. The van der Waals surface area contributed by atoms with Crippen molar-refractivity contribution in [3.8, 4) is 5.75 Å². The first-order valence-electron chi connectivity index (χ1n) is 7.20. The first-order valence-corrected chi connectivity index (χ1v) is 7.20. The largest absolute Gasteiger partial charge is 0.497 e. The van der Waals surface area contributed by atoms with Crippen LogP contribution in [-0.2, 0) is 0 Å². The average Bonchev–Trinajstić information content (AvgIpc) is 2.53. The lowest BCUT2D eigenvalue weighted by atomic mass is 10.0. The quantitative estimate of drug-likeness (QED) is 0.881. The van der Waals surface area contributed by atoms with Crippen LogP contribution in [0.2, 0.25) is 0 Å². The summed E-state index contributed by atoms with van der Waals surface area (Å²) in [6.07, 6.45) is 0.259. The van der Waals surface area contributed by atoms with Crippen molar-refractivity contribution in [2.45, 2.75) is 19.4 Å². The predicted molar refractivity (Wildman–Crippen MR) is 87.0 cm³/mol. The van der Waals surface area contributed by atoms with Gasteiger partial charge in [-0.1, -0.05) is 35.9 Å². The highest BCUT2D eigenvalue weighted by Crippen LogP contribution is 2.22. The normalized spacial score (nSPS) is 12.0. The van der Waals surface area contributed by atoms with Crippen LogP contribution in [0.25, 0.3) is 0 Å². The molecule has 0 aliphatic rings. The predicted octanol–water partition coefficient (Wildman–Crippen LogP) is 3.56. The third-order valence-corrected chi connectivity index (χ3v) is 3.69. The summed E-state index contributed by atoms with van der Waals surface area (Å²) in [4.78, 5) is 2.12. The zero-order valence-corrected chi connectivity index (χ0v) is 12.9. The van der Waals surface area contributed by atoms with Crippen molar-refractivity contribution < 1.29 is 9.84 Å². The highest BCUT2D eigenvalue weighted by atomic mass is 16.5. The van der Waals surface area contributed by atoms with E-state index < -0.39 is 6.10 Å². The van der Waals surface area contributed by atoms with E-state index in [-0.39, 0.29) is 0 Å². The molecule has 2 aromatic rings. The minimum atomic E-state index is -0.432. The number of aliphatic hydroxyl groups is 1. The van der Waals surface area contributed by atoms with Crippen molar-refractivity contribution in [1.82, 2.24) is 0 Å². The number of hydrogen-bond donors (Lipinski definition) is 1. The molecule has 3 heteroatoms. The summed E-state index contributed by atoms with van der Waals surface area (Å²) in [5.41, 5.74) is 3.27. The van der Waals surface area contributed by atoms with Gasteiger partial charge in [0, 0.05) is 25.3 Å². The molecule has 0 amide bonds. The van der Waals surface area contributed by atoms with Gasteiger partial charge in [-0.25, -0.2) is 0 Å². The summed E-state index contributed by atoms with van der Waals surface area (Å²) in [6.45, 7) is 2.83. The van der Waals surface area contributed by atoms with Gasteiger partial charge >= 0.3 is 0 Å². The van der Waals surface area contributed by atoms with Gasteiger partial charge in [0.2, 0.25) is 0 Å². The molecule has 0 saturated carbocycles. The lowest BCUT2D eigenvalue weighted by Crippen LogP contribution is -2.20. The molecule has 0 aliphatic heterocycles. The molecule has 0 bridgehead atoms. The van der Waals surface area contributed by atoms with Crippen LogP contribution in [0, 0.1) is 6.92 Å². The second-order valence-corrected chi connectivity index (χ2v) is 5.34. The zero-order valence-electron chi connectivity index (χ0n) is 12.9. The van der Waals surface area contributed by atoms with Crippen LogP contribution in [-0.4, -0.2) is 25.8 Å². The highest BCUT2D eigenvalue weighted by molar-refractivity contribution is 5.50. The lowest BCUT2D eigenvalue weighted by molar-refractivity contribution is 0.170. The van der Waals surface area contributed by atoms with Gasteiger partial charge in [0.25, 0.3) is 0 Å². The molecule has 0 spiro atoms. The molecule has 0 aliphatic carbocycles. The number of aliphatic hydroxyl groups excluding tert-OH is 1. The first kappa shape index (κ1) is 15.4. The molecule has 0 saturated heterocycles. The molecule has 0 heterocycles. The number of benzene rings is 2. The molecule has 1 atom stereocenters. The second-order valence-electron chi connectivity index (χ2n) is 5.34. The van der Waals surface area contributed by atoms with Crippen molar-refractivity contribution in [2.24, 2.45) is 0 Å². The second kappa shape index (κ2) is 7.14. The van der Waals surface area contributed by atoms with Crippen LogP contribution in [0.1, 0.15) is 23.7 Å². The number of rotatable bonds is 6. The van der Waals surface area contributed by atoms with Crippen LogP contribution >= 0.6 is 0 Å². The highest BCUT2D eigenvalue weighted by Gasteiger charge is 2.09. The molecule has 0 fully saturated rings. The van der Waals surface area contributed by atoms with E-state index in [0.29, 0.717) is 6.42 Å². The summed E-state index contributed by atoms with van der Waals surface area (Å²) >= 11 is 0. The molecule has 0 aromatic heterocycles. The summed E-state index contributed by atoms with van der Waals surface area (Å²) in [5, 5.41) is 10.3. The number of methoxy groups -OCH3 is 1. The van der Waals surface area contributed by atoms with Gasteiger partial charge in [0.15, 0.2) is 0 Å². The van der Waals surface area contributed by atoms with Crippen LogP contribution in [0.5, 0.6) is 5.75 Å². The summed E-state index contributed by atoms with van der Waals surface area (Å²) in [7, 11) is 3.69. The summed E-state index contributed by atoms with van der Waals surface area (Å²) < 4.78 is 5.24. The van der Waals surface area contributed by atoms with E-state index in [1.165, 1.54) is 5.56 Å². The van der Waals surface area contributed by atoms with E-state index in [1.807, 2.05) is 62.5 Å². The molecule has 3 nitrogen and oxygen atoms in total. The van der Waals surface area contributed by atoms with Crippen molar-refractivity contribution in [2.75, 3.05) is 25.6 Å². The Bertz CT molecular complexity index is 566. The lowest BCUT2D eigenvalue weighted by Gasteiger charge is -2.21. The van der Waals surface area contributed by atoms with Crippen LogP contribution in [0.4, 0.5) is 5.69 Å². The van der Waals surface area contributed by atoms with E-state index in [9.17, 15) is 5.11 Å². The Morgan fingerprint density at radius 1 is 1.14 bits per heavy atom. The molecular weight excluding hydrogens is 262 g/mol. The van der Waals surface area contributed by atoms with E-state index in [4.69, 9.17) is 4.74 Å². The number of ether oxygens (including phenoxy) is 1. The van der Waals surface area contributed by atoms with Gasteiger partial charge in [-0.15, -0.1) is 0 Å². The monoisotopic (exact) mass is 285 g/mol. The summed E-state index contributed by atoms with van der Waals surface area (Å²) in [6, 6.07) is 16.0. The summed E-state index contributed by atoms with van der Waals surface area (Å²) in [5.74, 6) is 0.846. The Hall–Kier alpha value is -2.00. The van der Waals surface area contributed by atoms with Crippen molar-refractivity contribution in [3.63, 3.8) is 0 Å². The molecule has 112 valence electrons. The fourth-order valence-electron chi connectivity index (χ4n) is 2.25. The number of aryl methyl sites for hydroxylation is 1. The molecule has 2 rings (SSSR count). The van der Waals surface area contributed by atoms with Gasteiger partial charge in [0.1, 0.15) is 5.75 Å². The van der Waals surface area contributed by atoms with Crippen LogP contribution < -0.4 is 9.64 Å². The Balaban J connectivity index is 1.93. The average molecular weight is 285 g/mol. The van der Waals surface area contributed by atoms with Gasteiger partial charge in [-0.2, -0.15) is 0 Å². The fraction of sp³-hybridized carbons (Fsp3) is 0.333. The number of nitrogens with zero attached hydrogens (tertiary/aromatic N) is 1. The van der Waals surface area contributed by atoms with E-state index in [0.717, 1.165) is 23.5 Å². The minimum Gasteiger partial charge on any atom is -0.497 e. The standard InChI is InChI=1S/C18H23NO2/c1-14-7-9-15(10-8-14)18(20)11-12-19(2)16-5-4-6-17(13-16)21-3/h4-10,13,18,20H,11-12H2,1-3H3. The zero-order chi connectivity index (χ0) is 15.2. The topological polar surface area (TPSA) is 32.7 Å². The molecule has 1 N–H and O–H groups in total. The molecule has 1 unspecified atom stereocenters. The van der Waals surface area contributed by atoms with Crippen LogP contribution in [0.3, 0.4) is 0 Å². The Labute approximate surface area is 126 Å². The Morgan fingerprint density at radius 3 is 2.52 bits per heavy atom. The third-order valence-electron chi connectivity index (χ3n) is 3.69. The van der Waals surface area contributed by atoms with Gasteiger partial charge in [-0.3, -0.25) is 0 Å². The maximum Gasteiger partial charge on any atom is 0.120 e. The smallest absolute Gasteiger partial charge is 0.120 e. The maximum atomic E-state index is 10.3. The molecule has 2 aromatic carbocycles. The minimum absolute atomic E-state index is 0.432. The van der Waals surface area contributed by atoms with Crippen molar-refractivity contribution in [3.05, 3.63) is 59.7 Å². The molecule has 0 radical (unpaired) electrons. The van der Waals surface area contributed by atoms with E-state index in [1.54, 1.807) is 7.11 Å². The van der Waals surface area contributed by atoms with Crippen molar-refractivity contribution >= 4 is 5.69 Å². The maximum absolute atomic E-state index is 10.3. The van der Waals surface area contributed by atoms with Crippen LogP contribution in [0.15, 0.2) is 48.5 Å². The van der Waals surface area contributed by atoms with Gasteiger partial charge < -0.3 is 14.7 Å². The van der Waals surface area contributed by atoms with E-state index >= 15 is 0 Å². The first-order chi connectivity index (χ1) is 10.1. The molecule has 21 heavy (non-hydrogen) atoms. The van der Waals surface area contributed by atoms with Crippen molar-refractivity contribution in [1.29, 1.82) is 0 Å². The van der Waals surface area contributed by atoms with E-state index in [2.05, 4.69) is 4.90 Å². The fourth-order valence-corrected chi connectivity index (χ4v) is 2.25. The number of anilines is 1. The third kappa shape index (κ3) is 4.23.